The first-order valence-electron chi connectivity index (χ1n) is 5.06. The number of rotatable bonds is 0. The topological polar surface area (TPSA) is 46.2 Å². The second-order valence-electron chi connectivity index (χ2n) is 4.00. The van der Waals surface area contributed by atoms with Crippen molar-refractivity contribution in [3.8, 4) is 0 Å². The molecule has 0 atom stereocenters. The van der Waals surface area contributed by atoms with Crippen molar-refractivity contribution in [3.05, 3.63) is 47.0 Å². The average molecular weight is 211 g/mol. The smallest absolute Gasteiger partial charge is 0.259 e. The van der Waals surface area contributed by atoms with E-state index in [2.05, 4.69) is 5.32 Å². The quantitative estimate of drug-likeness (QED) is 0.678. The molecule has 2 aromatic carbocycles. The summed E-state index contributed by atoms with van der Waals surface area (Å²) in [7, 11) is 0. The Kier molecular flexibility index (Phi) is 1.66. The lowest BCUT2D eigenvalue weighted by Gasteiger charge is -2.03. The number of imide groups is 1. The normalized spacial score (nSPS) is 14.1. The molecule has 0 saturated carbocycles. The fourth-order valence-corrected chi connectivity index (χ4v) is 2.10. The van der Waals surface area contributed by atoms with E-state index in [9.17, 15) is 9.59 Å². The molecule has 0 radical (unpaired) electrons. The van der Waals surface area contributed by atoms with Crippen molar-refractivity contribution < 1.29 is 9.59 Å². The van der Waals surface area contributed by atoms with Gasteiger partial charge in [-0.15, -0.1) is 0 Å². The average Bonchev–Trinajstić information content (AvgIpc) is 2.54. The number of hydrogen-bond acceptors (Lipinski definition) is 2. The SMILES string of the molecule is Cc1ccc2ccc3c(c2c1)C(=O)NC3=O. The van der Waals surface area contributed by atoms with Crippen molar-refractivity contribution in [3.63, 3.8) is 0 Å². The highest BCUT2D eigenvalue weighted by Crippen LogP contribution is 2.26. The molecule has 2 amide bonds. The maximum Gasteiger partial charge on any atom is 0.259 e. The first-order chi connectivity index (χ1) is 7.66. The van der Waals surface area contributed by atoms with Gasteiger partial charge in [0.05, 0.1) is 11.1 Å². The number of nitrogens with one attached hydrogen (secondary N) is 1. The van der Waals surface area contributed by atoms with Crippen LogP contribution in [0.1, 0.15) is 26.3 Å². The van der Waals surface area contributed by atoms with Gasteiger partial charge in [-0.3, -0.25) is 14.9 Å². The van der Waals surface area contributed by atoms with E-state index in [0.29, 0.717) is 11.1 Å². The zero-order chi connectivity index (χ0) is 11.3. The number of amides is 2. The maximum atomic E-state index is 11.7. The number of fused-ring (bicyclic) bond motifs is 3. The van der Waals surface area contributed by atoms with Crippen LogP contribution in [0.25, 0.3) is 10.8 Å². The standard InChI is InChI=1S/C13H9NO2/c1-7-2-3-8-4-5-9-11(10(8)6-7)13(16)14-12(9)15/h2-6H,1H3,(H,14,15,16). The van der Waals surface area contributed by atoms with Gasteiger partial charge < -0.3 is 0 Å². The minimum Gasteiger partial charge on any atom is -0.288 e. The zero-order valence-electron chi connectivity index (χ0n) is 8.70. The third-order valence-electron chi connectivity index (χ3n) is 2.88. The van der Waals surface area contributed by atoms with E-state index in [0.717, 1.165) is 16.3 Å². The molecule has 0 bridgehead atoms. The Morgan fingerprint density at radius 1 is 1.00 bits per heavy atom. The summed E-state index contributed by atoms with van der Waals surface area (Å²) in [5, 5.41) is 4.14. The maximum absolute atomic E-state index is 11.7. The van der Waals surface area contributed by atoms with Crippen molar-refractivity contribution in [1.82, 2.24) is 5.32 Å². The Morgan fingerprint density at radius 3 is 2.56 bits per heavy atom. The molecule has 78 valence electrons. The summed E-state index contributed by atoms with van der Waals surface area (Å²) in [6, 6.07) is 9.45. The van der Waals surface area contributed by atoms with Gasteiger partial charge in [-0.2, -0.15) is 0 Å². The van der Waals surface area contributed by atoms with E-state index in [1.807, 2.05) is 31.2 Å². The molecule has 16 heavy (non-hydrogen) atoms. The van der Waals surface area contributed by atoms with E-state index < -0.39 is 0 Å². The summed E-state index contributed by atoms with van der Waals surface area (Å²) in [5.41, 5.74) is 2.06. The van der Waals surface area contributed by atoms with Crippen LogP contribution in [0.15, 0.2) is 30.3 Å². The molecular formula is C13H9NO2. The molecule has 0 aliphatic carbocycles. The molecule has 3 heteroatoms. The lowest BCUT2D eigenvalue weighted by atomic mass is 9.99. The fourth-order valence-electron chi connectivity index (χ4n) is 2.10. The molecule has 1 N–H and O–H groups in total. The number of carbonyl (C=O) groups is 2. The molecule has 0 aromatic heterocycles. The highest BCUT2D eigenvalue weighted by atomic mass is 16.2. The summed E-state index contributed by atoms with van der Waals surface area (Å²) in [4.78, 5) is 23.1. The van der Waals surface area contributed by atoms with Crippen molar-refractivity contribution in [2.75, 3.05) is 0 Å². The lowest BCUT2D eigenvalue weighted by Crippen LogP contribution is -2.19. The Balaban J connectivity index is 2.48. The van der Waals surface area contributed by atoms with E-state index in [1.54, 1.807) is 6.07 Å². The molecule has 1 aliphatic heterocycles. The van der Waals surface area contributed by atoms with Crippen LogP contribution in [0.5, 0.6) is 0 Å². The number of aryl methyl sites for hydroxylation is 1. The van der Waals surface area contributed by atoms with Crippen LogP contribution in [-0.4, -0.2) is 11.8 Å². The predicted molar refractivity (Wildman–Crippen MR) is 60.5 cm³/mol. The second kappa shape index (κ2) is 2.92. The van der Waals surface area contributed by atoms with Gasteiger partial charge in [-0.05, 0) is 23.8 Å². The number of hydrogen-bond donors (Lipinski definition) is 1. The first-order valence-corrected chi connectivity index (χ1v) is 5.06. The van der Waals surface area contributed by atoms with E-state index in [-0.39, 0.29) is 11.8 Å². The van der Waals surface area contributed by atoms with Crippen molar-refractivity contribution in [2.24, 2.45) is 0 Å². The molecule has 0 saturated heterocycles. The number of carbonyl (C=O) groups excluding carboxylic acids is 2. The van der Waals surface area contributed by atoms with Gasteiger partial charge in [0.2, 0.25) is 0 Å². The van der Waals surface area contributed by atoms with Crippen LogP contribution in [0.4, 0.5) is 0 Å². The highest BCUT2D eigenvalue weighted by molar-refractivity contribution is 6.26. The lowest BCUT2D eigenvalue weighted by molar-refractivity contribution is 0.0880. The monoisotopic (exact) mass is 211 g/mol. The van der Waals surface area contributed by atoms with Crippen LogP contribution in [0.2, 0.25) is 0 Å². The highest BCUT2D eigenvalue weighted by Gasteiger charge is 2.28. The zero-order valence-corrected chi connectivity index (χ0v) is 8.70. The molecule has 0 spiro atoms. The Bertz CT molecular complexity index is 644. The molecule has 0 unspecified atom stereocenters. The molecule has 1 heterocycles. The summed E-state index contributed by atoms with van der Waals surface area (Å²) < 4.78 is 0. The van der Waals surface area contributed by atoms with E-state index >= 15 is 0 Å². The Hall–Kier alpha value is -2.16. The third-order valence-corrected chi connectivity index (χ3v) is 2.88. The Morgan fingerprint density at radius 2 is 1.75 bits per heavy atom. The summed E-state index contributed by atoms with van der Waals surface area (Å²) in [5.74, 6) is -0.598. The third kappa shape index (κ3) is 1.08. The second-order valence-corrected chi connectivity index (χ2v) is 4.00. The number of benzene rings is 2. The van der Waals surface area contributed by atoms with Crippen molar-refractivity contribution >= 4 is 22.6 Å². The molecule has 0 fully saturated rings. The van der Waals surface area contributed by atoms with Crippen molar-refractivity contribution in [2.45, 2.75) is 6.92 Å². The van der Waals surface area contributed by atoms with Crippen LogP contribution in [0, 0.1) is 6.92 Å². The predicted octanol–water partition coefficient (Wildman–Crippen LogP) is 2.03. The Labute approximate surface area is 92.1 Å². The molecular weight excluding hydrogens is 202 g/mol. The molecule has 2 aromatic rings. The van der Waals surface area contributed by atoms with Crippen LogP contribution in [0.3, 0.4) is 0 Å². The van der Waals surface area contributed by atoms with Gasteiger partial charge in [0.25, 0.3) is 11.8 Å². The van der Waals surface area contributed by atoms with E-state index in [4.69, 9.17) is 0 Å². The van der Waals surface area contributed by atoms with Gasteiger partial charge in [0.15, 0.2) is 0 Å². The van der Waals surface area contributed by atoms with Crippen LogP contribution in [-0.2, 0) is 0 Å². The molecule has 3 rings (SSSR count). The summed E-state index contributed by atoms with van der Waals surface area (Å²) in [6.07, 6.45) is 0. The van der Waals surface area contributed by atoms with Gasteiger partial charge in [-0.1, -0.05) is 29.8 Å². The van der Waals surface area contributed by atoms with Gasteiger partial charge in [-0.25, -0.2) is 0 Å². The van der Waals surface area contributed by atoms with Gasteiger partial charge in [0, 0.05) is 0 Å². The van der Waals surface area contributed by atoms with E-state index in [1.165, 1.54) is 0 Å². The minimum atomic E-state index is -0.302. The largest absolute Gasteiger partial charge is 0.288 e. The van der Waals surface area contributed by atoms with Crippen molar-refractivity contribution in [1.29, 1.82) is 0 Å². The van der Waals surface area contributed by atoms with Crippen LogP contribution < -0.4 is 5.32 Å². The van der Waals surface area contributed by atoms with Gasteiger partial charge in [0.1, 0.15) is 0 Å². The minimum absolute atomic E-state index is 0.295. The van der Waals surface area contributed by atoms with Gasteiger partial charge >= 0.3 is 0 Å². The molecule has 3 nitrogen and oxygen atoms in total. The first kappa shape index (κ1) is 9.09. The van der Waals surface area contributed by atoms with Crippen LogP contribution >= 0.6 is 0 Å². The molecule has 1 aliphatic rings. The summed E-state index contributed by atoms with van der Waals surface area (Å²) in [6.45, 7) is 1.97. The summed E-state index contributed by atoms with van der Waals surface area (Å²) >= 11 is 0. The fraction of sp³-hybridized carbons (Fsp3) is 0.0769.